The van der Waals surface area contributed by atoms with Crippen LogP contribution in [0.2, 0.25) is 0 Å². The summed E-state index contributed by atoms with van der Waals surface area (Å²) in [6.45, 7) is 0. The Morgan fingerprint density at radius 3 is 2.29 bits per heavy atom. The lowest BCUT2D eigenvalue weighted by atomic mass is 10.6. The Hall–Kier alpha value is -1.38. The zero-order valence-electron chi connectivity index (χ0n) is 6.49. The predicted octanol–water partition coefficient (Wildman–Crippen LogP) is 0.352. The fraction of sp³-hybridized carbons (Fsp3) is 0.200. The van der Waals surface area contributed by atoms with Crippen molar-refractivity contribution in [2.45, 2.75) is 10.5 Å². The van der Waals surface area contributed by atoms with E-state index in [2.05, 4.69) is 9.97 Å². The van der Waals surface area contributed by atoms with E-state index < -0.39 is 20.4 Å². The van der Waals surface area contributed by atoms with E-state index in [-0.39, 0.29) is 5.82 Å². The van der Waals surface area contributed by atoms with Crippen LogP contribution in [0.3, 0.4) is 0 Å². The molecule has 0 bridgehead atoms. The van der Waals surface area contributed by atoms with Crippen molar-refractivity contribution < 1.29 is 21.6 Å². The number of aromatic nitrogens is 2. The van der Waals surface area contributed by atoms with Gasteiger partial charge in [0.1, 0.15) is 12.1 Å². The quantitative estimate of drug-likeness (QED) is 0.699. The van der Waals surface area contributed by atoms with E-state index >= 15 is 0 Å². The summed E-state index contributed by atoms with van der Waals surface area (Å²) in [6, 6.07) is 0.544. The molecule has 0 saturated carbocycles. The van der Waals surface area contributed by atoms with Crippen molar-refractivity contribution in [3.8, 4) is 0 Å². The first-order chi connectivity index (χ1) is 6.25. The highest BCUT2D eigenvalue weighted by molar-refractivity contribution is 7.92. The number of anilines is 1. The van der Waals surface area contributed by atoms with Gasteiger partial charge in [0.25, 0.3) is 9.84 Å². The van der Waals surface area contributed by atoms with Gasteiger partial charge < -0.3 is 5.73 Å². The van der Waals surface area contributed by atoms with Crippen molar-refractivity contribution in [2.75, 3.05) is 5.73 Å². The normalized spacial score (nSPS) is 12.8. The summed E-state index contributed by atoms with van der Waals surface area (Å²) in [7, 11) is -5.43. The van der Waals surface area contributed by atoms with E-state index in [1.54, 1.807) is 0 Å². The average Bonchev–Trinajstić information content (AvgIpc) is 2.02. The number of halogens is 3. The lowest BCUT2D eigenvalue weighted by molar-refractivity contribution is -0.0438. The van der Waals surface area contributed by atoms with E-state index in [1.807, 2.05) is 0 Å². The molecule has 0 saturated heterocycles. The summed E-state index contributed by atoms with van der Waals surface area (Å²) >= 11 is 0. The Labute approximate surface area is 76.7 Å². The first-order valence-electron chi connectivity index (χ1n) is 3.14. The molecule has 0 amide bonds. The lowest BCUT2D eigenvalue weighted by Crippen LogP contribution is -2.24. The minimum Gasteiger partial charge on any atom is -0.384 e. The van der Waals surface area contributed by atoms with Crippen molar-refractivity contribution in [3.63, 3.8) is 0 Å². The molecular weight excluding hydrogens is 223 g/mol. The standard InChI is InChI=1S/C5H4F3N3O2S/c6-5(7,8)14(12,13)4-1-3(9)10-2-11-4/h1-2H,(H2,9,10,11). The van der Waals surface area contributed by atoms with Gasteiger partial charge in [-0.3, -0.25) is 0 Å². The van der Waals surface area contributed by atoms with Crippen LogP contribution in [-0.2, 0) is 9.84 Å². The van der Waals surface area contributed by atoms with Crippen molar-refractivity contribution in [1.29, 1.82) is 0 Å². The topological polar surface area (TPSA) is 85.9 Å². The molecule has 5 nitrogen and oxygen atoms in total. The van der Waals surface area contributed by atoms with Gasteiger partial charge in [0, 0.05) is 6.07 Å². The molecule has 0 aromatic carbocycles. The maximum atomic E-state index is 12.0. The second-order valence-corrected chi connectivity index (χ2v) is 4.12. The molecule has 0 aliphatic heterocycles. The third-order valence-corrected chi connectivity index (χ3v) is 2.63. The molecule has 1 heterocycles. The van der Waals surface area contributed by atoms with Gasteiger partial charge in [0.05, 0.1) is 0 Å². The van der Waals surface area contributed by atoms with Crippen LogP contribution in [0.25, 0.3) is 0 Å². The number of rotatable bonds is 1. The smallest absolute Gasteiger partial charge is 0.384 e. The number of hydrogen-bond donors (Lipinski definition) is 1. The van der Waals surface area contributed by atoms with Crippen LogP contribution < -0.4 is 5.73 Å². The molecule has 0 fully saturated rings. The van der Waals surface area contributed by atoms with Crippen LogP contribution in [0.15, 0.2) is 17.4 Å². The van der Waals surface area contributed by atoms with Crippen LogP contribution in [0.4, 0.5) is 19.0 Å². The molecule has 1 aromatic heterocycles. The highest BCUT2D eigenvalue weighted by Crippen LogP contribution is 2.28. The maximum Gasteiger partial charge on any atom is 0.503 e. The summed E-state index contributed by atoms with van der Waals surface area (Å²) in [4.78, 5) is 6.25. The first kappa shape index (κ1) is 10.7. The monoisotopic (exact) mass is 227 g/mol. The van der Waals surface area contributed by atoms with Gasteiger partial charge in [0.2, 0.25) is 0 Å². The zero-order valence-corrected chi connectivity index (χ0v) is 7.30. The molecule has 0 unspecified atom stereocenters. The highest BCUT2D eigenvalue weighted by Gasteiger charge is 2.48. The summed E-state index contributed by atoms with van der Waals surface area (Å²) in [5, 5.41) is -1.16. The van der Waals surface area contributed by atoms with Gasteiger partial charge in [-0.25, -0.2) is 18.4 Å². The van der Waals surface area contributed by atoms with Crippen molar-refractivity contribution in [3.05, 3.63) is 12.4 Å². The molecule has 14 heavy (non-hydrogen) atoms. The Bertz CT molecular complexity index is 442. The molecule has 2 N–H and O–H groups in total. The molecule has 9 heteroatoms. The number of alkyl halides is 3. The Balaban J connectivity index is 3.32. The Morgan fingerprint density at radius 2 is 1.86 bits per heavy atom. The minimum absolute atomic E-state index is 0.345. The van der Waals surface area contributed by atoms with Gasteiger partial charge in [-0.1, -0.05) is 0 Å². The predicted molar refractivity (Wildman–Crippen MR) is 39.7 cm³/mol. The van der Waals surface area contributed by atoms with Gasteiger partial charge in [-0.05, 0) is 0 Å². The van der Waals surface area contributed by atoms with Crippen LogP contribution in [-0.4, -0.2) is 23.9 Å². The van der Waals surface area contributed by atoms with Crippen molar-refractivity contribution in [1.82, 2.24) is 9.97 Å². The van der Waals surface area contributed by atoms with E-state index in [0.29, 0.717) is 12.4 Å². The second kappa shape index (κ2) is 3.08. The minimum atomic E-state index is -5.43. The second-order valence-electron chi connectivity index (χ2n) is 2.23. The van der Waals surface area contributed by atoms with Gasteiger partial charge >= 0.3 is 5.51 Å². The largest absolute Gasteiger partial charge is 0.503 e. The molecule has 0 aliphatic rings. The number of hydrogen-bond acceptors (Lipinski definition) is 5. The third-order valence-electron chi connectivity index (χ3n) is 1.24. The molecule has 0 atom stereocenters. The molecule has 0 radical (unpaired) electrons. The van der Waals surface area contributed by atoms with E-state index in [9.17, 15) is 21.6 Å². The lowest BCUT2D eigenvalue weighted by Gasteiger charge is -2.06. The highest BCUT2D eigenvalue weighted by atomic mass is 32.2. The van der Waals surface area contributed by atoms with E-state index in [0.717, 1.165) is 0 Å². The number of nitrogens with zero attached hydrogens (tertiary/aromatic N) is 2. The number of nitrogen functional groups attached to an aromatic ring is 1. The molecule has 0 aliphatic carbocycles. The zero-order chi connectivity index (χ0) is 11.0. The summed E-state index contributed by atoms with van der Waals surface area (Å²) < 4.78 is 57.4. The van der Waals surface area contributed by atoms with Gasteiger partial charge in [0.15, 0.2) is 5.03 Å². The van der Waals surface area contributed by atoms with Crippen LogP contribution in [0.5, 0.6) is 0 Å². The van der Waals surface area contributed by atoms with Crippen LogP contribution in [0, 0.1) is 0 Å². The van der Waals surface area contributed by atoms with E-state index in [1.165, 1.54) is 0 Å². The van der Waals surface area contributed by atoms with Gasteiger partial charge in [-0.15, -0.1) is 0 Å². The fourth-order valence-electron chi connectivity index (χ4n) is 0.619. The summed E-state index contributed by atoms with van der Waals surface area (Å²) in [5.41, 5.74) is -0.365. The summed E-state index contributed by atoms with van der Waals surface area (Å²) in [5.74, 6) is -0.345. The van der Waals surface area contributed by atoms with E-state index in [4.69, 9.17) is 5.73 Å². The molecule has 1 aromatic rings. The number of nitrogens with two attached hydrogens (primary N) is 1. The first-order valence-corrected chi connectivity index (χ1v) is 4.62. The molecule has 0 spiro atoms. The Morgan fingerprint density at radius 1 is 1.29 bits per heavy atom. The van der Waals surface area contributed by atoms with Crippen molar-refractivity contribution in [2.24, 2.45) is 0 Å². The molecule has 78 valence electrons. The molecule has 1 rings (SSSR count). The maximum absolute atomic E-state index is 12.0. The van der Waals surface area contributed by atoms with Crippen molar-refractivity contribution >= 4 is 15.7 Å². The summed E-state index contributed by atoms with van der Waals surface area (Å²) in [6.07, 6.45) is 0.647. The van der Waals surface area contributed by atoms with Gasteiger partial charge in [-0.2, -0.15) is 13.2 Å². The molecular formula is C5H4F3N3O2S. The fourth-order valence-corrected chi connectivity index (χ4v) is 1.32. The van der Waals surface area contributed by atoms with Crippen LogP contribution >= 0.6 is 0 Å². The Kier molecular flexibility index (Phi) is 2.36. The van der Waals surface area contributed by atoms with Crippen LogP contribution in [0.1, 0.15) is 0 Å². The average molecular weight is 227 g/mol. The third kappa shape index (κ3) is 1.76. The SMILES string of the molecule is Nc1cc(S(=O)(=O)C(F)(F)F)ncn1. The number of sulfone groups is 1.